The zero-order valence-electron chi connectivity index (χ0n) is 13.7. The molecule has 0 bridgehead atoms. The van der Waals surface area contributed by atoms with Crippen LogP contribution >= 0.6 is 11.6 Å². The van der Waals surface area contributed by atoms with Crippen molar-refractivity contribution < 1.29 is 13.9 Å². The molecule has 128 valence electrons. The van der Waals surface area contributed by atoms with Gasteiger partial charge in [0.1, 0.15) is 18.4 Å². The lowest BCUT2D eigenvalue weighted by Gasteiger charge is -2.33. The lowest BCUT2D eigenvalue weighted by Crippen LogP contribution is -2.40. The Labute approximate surface area is 146 Å². The first-order valence-electron chi connectivity index (χ1n) is 8.15. The van der Waals surface area contributed by atoms with Crippen molar-refractivity contribution in [1.82, 2.24) is 9.88 Å². The first kappa shape index (κ1) is 17.0. The Bertz CT molecular complexity index is 701. The van der Waals surface area contributed by atoms with Crippen molar-refractivity contribution in [3.8, 4) is 0 Å². The van der Waals surface area contributed by atoms with Gasteiger partial charge in [-0.05, 0) is 30.9 Å². The summed E-state index contributed by atoms with van der Waals surface area (Å²) in [5.74, 6) is 1.33. The van der Waals surface area contributed by atoms with Crippen LogP contribution in [0.15, 0.2) is 34.9 Å². The van der Waals surface area contributed by atoms with Crippen molar-refractivity contribution >= 4 is 17.5 Å². The number of benzene rings is 1. The predicted molar refractivity (Wildman–Crippen MR) is 90.9 cm³/mol. The van der Waals surface area contributed by atoms with Gasteiger partial charge >= 0.3 is 0 Å². The second-order valence-corrected chi connectivity index (χ2v) is 6.37. The van der Waals surface area contributed by atoms with Crippen LogP contribution < -0.4 is 0 Å². The van der Waals surface area contributed by atoms with E-state index in [1.165, 1.54) is 7.11 Å². The van der Waals surface area contributed by atoms with Crippen LogP contribution in [-0.4, -0.2) is 36.1 Å². The van der Waals surface area contributed by atoms with Gasteiger partial charge in [0.25, 0.3) is 0 Å². The Balaban J connectivity index is 1.76. The molecule has 24 heavy (non-hydrogen) atoms. The molecule has 0 saturated carbocycles. The molecule has 2 aromatic rings. The third-order valence-electron chi connectivity index (χ3n) is 4.27. The number of methoxy groups -OCH3 is 1. The van der Waals surface area contributed by atoms with E-state index in [-0.39, 0.29) is 18.6 Å². The van der Waals surface area contributed by atoms with Crippen molar-refractivity contribution in [3.05, 3.63) is 52.7 Å². The van der Waals surface area contributed by atoms with Gasteiger partial charge in [0.2, 0.25) is 11.8 Å². The second-order valence-electron chi connectivity index (χ2n) is 5.96. The quantitative estimate of drug-likeness (QED) is 0.828. The zero-order valence-corrected chi connectivity index (χ0v) is 14.5. The van der Waals surface area contributed by atoms with Gasteiger partial charge in [0.15, 0.2) is 0 Å². The largest absolute Gasteiger partial charge is 0.443 e. The molecule has 3 rings (SSSR count). The fourth-order valence-electron chi connectivity index (χ4n) is 3.08. The molecule has 0 radical (unpaired) electrons. The van der Waals surface area contributed by atoms with E-state index < -0.39 is 0 Å². The fraction of sp³-hybridized carbons (Fsp3) is 0.444. The van der Waals surface area contributed by atoms with E-state index in [4.69, 9.17) is 20.8 Å². The van der Waals surface area contributed by atoms with Crippen LogP contribution in [0.3, 0.4) is 0 Å². The smallest absolute Gasteiger partial charge is 0.249 e. The summed E-state index contributed by atoms with van der Waals surface area (Å²) in [6.07, 6.45) is 5.24. The standard InChI is InChI=1S/C18H21ClN2O3/c1-23-12-17(22)21-9-5-4-8-16(21)18-20-11-14(24-18)10-13-6-2-3-7-15(13)19/h2-3,6-7,11,16H,4-5,8-10,12H2,1H3. The number of oxazole rings is 1. The normalized spacial score (nSPS) is 17.9. The molecule has 2 heterocycles. The minimum atomic E-state index is -0.110. The predicted octanol–water partition coefficient (Wildman–Crippen LogP) is 3.62. The summed E-state index contributed by atoms with van der Waals surface area (Å²) in [6, 6.07) is 7.57. The highest BCUT2D eigenvalue weighted by Crippen LogP contribution is 2.31. The molecule has 1 aromatic carbocycles. The molecule has 0 N–H and O–H groups in total. The summed E-state index contributed by atoms with van der Waals surface area (Å²) in [4.78, 5) is 18.5. The topological polar surface area (TPSA) is 55.6 Å². The summed E-state index contributed by atoms with van der Waals surface area (Å²) in [7, 11) is 1.53. The molecule has 1 fully saturated rings. The van der Waals surface area contributed by atoms with E-state index in [2.05, 4.69) is 4.98 Å². The van der Waals surface area contributed by atoms with Gasteiger partial charge in [-0.1, -0.05) is 29.8 Å². The molecule has 1 saturated heterocycles. The lowest BCUT2D eigenvalue weighted by molar-refractivity contribution is -0.139. The van der Waals surface area contributed by atoms with Gasteiger partial charge in [-0.15, -0.1) is 0 Å². The van der Waals surface area contributed by atoms with Crippen LogP contribution in [0.1, 0.15) is 42.5 Å². The molecule has 1 aromatic heterocycles. The van der Waals surface area contributed by atoms with E-state index in [0.717, 1.165) is 37.1 Å². The van der Waals surface area contributed by atoms with Crippen molar-refractivity contribution in [1.29, 1.82) is 0 Å². The van der Waals surface area contributed by atoms with Crippen LogP contribution in [0.5, 0.6) is 0 Å². The summed E-state index contributed by atoms with van der Waals surface area (Å²) >= 11 is 6.20. The molecular weight excluding hydrogens is 328 g/mol. The number of piperidine rings is 1. The summed E-state index contributed by atoms with van der Waals surface area (Å²) < 4.78 is 10.9. The van der Waals surface area contributed by atoms with Gasteiger partial charge in [0, 0.05) is 25.1 Å². The van der Waals surface area contributed by atoms with E-state index in [1.54, 1.807) is 6.20 Å². The Morgan fingerprint density at radius 3 is 3.04 bits per heavy atom. The minimum absolute atomic E-state index is 0.0203. The van der Waals surface area contributed by atoms with E-state index in [9.17, 15) is 4.79 Å². The van der Waals surface area contributed by atoms with Gasteiger partial charge in [0.05, 0.1) is 6.20 Å². The maximum absolute atomic E-state index is 12.2. The number of hydrogen-bond acceptors (Lipinski definition) is 4. The van der Waals surface area contributed by atoms with Gasteiger partial charge in [-0.3, -0.25) is 4.79 Å². The molecular formula is C18H21ClN2O3. The SMILES string of the molecule is COCC(=O)N1CCCCC1c1ncc(Cc2ccccc2Cl)o1. The monoisotopic (exact) mass is 348 g/mol. The number of amides is 1. The highest BCUT2D eigenvalue weighted by Gasteiger charge is 2.31. The number of nitrogens with zero attached hydrogens (tertiary/aromatic N) is 2. The summed E-state index contributed by atoms with van der Waals surface area (Å²) in [6.45, 7) is 0.804. The van der Waals surface area contributed by atoms with Crippen molar-refractivity contribution in [2.75, 3.05) is 20.3 Å². The molecule has 1 aliphatic heterocycles. The molecule has 5 nitrogen and oxygen atoms in total. The summed E-state index contributed by atoms with van der Waals surface area (Å²) in [5.41, 5.74) is 0.998. The molecule has 0 aliphatic carbocycles. The van der Waals surface area contributed by atoms with Gasteiger partial charge in [-0.2, -0.15) is 0 Å². The summed E-state index contributed by atoms with van der Waals surface area (Å²) in [5, 5.41) is 0.713. The van der Waals surface area contributed by atoms with Gasteiger partial charge < -0.3 is 14.1 Å². The van der Waals surface area contributed by atoms with Crippen molar-refractivity contribution in [2.45, 2.75) is 31.7 Å². The number of carbonyl (C=O) groups excluding carboxylic acids is 1. The number of carbonyl (C=O) groups is 1. The Morgan fingerprint density at radius 1 is 1.42 bits per heavy atom. The lowest BCUT2D eigenvalue weighted by atomic mass is 10.0. The first-order chi connectivity index (χ1) is 11.7. The first-order valence-corrected chi connectivity index (χ1v) is 8.53. The van der Waals surface area contributed by atoms with Crippen molar-refractivity contribution in [3.63, 3.8) is 0 Å². The number of halogens is 1. The third kappa shape index (κ3) is 3.79. The fourth-order valence-corrected chi connectivity index (χ4v) is 3.28. The molecule has 1 amide bonds. The second kappa shape index (κ2) is 7.81. The molecule has 0 spiro atoms. The average molecular weight is 349 g/mol. The van der Waals surface area contributed by atoms with Crippen LogP contribution in [0.2, 0.25) is 5.02 Å². The van der Waals surface area contributed by atoms with Crippen LogP contribution in [0.25, 0.3) is 0 Å². The van der Waals surface area contributed by atoms with Crippen LogP contribution in [0, 0.1) is 0 Å². The number of likely N-dealkylation sites (tertiary alicyclic amines) is 1. The maximum Gasteiger partial charge on any atom is 0.249 e. The van der Waals surface area contributed by atoms with Gasteiger partial charge in [-0.25, -0.2) is 4.98 Å². The highest BCUT2D eigenvalue weighted by atomic mass is 35.5. The van der Waals surface area contributed by atoms with E-state index in [1.807, 2.05) is 29.2 Å². The third-order valence-corrected chi connectivity index (χ3v) is 4.64. The Kier molecular flexibility index (Phi) is 5.53. The Hall–Kier alpha value is -1.85. The number of hydrogen-bond donors (Lipinski definition) is 0. The number of rotatable bonds is 5. The van der Waals surface area contributed by atoms with Crippen molar-refractivity contribution in [2.24, 2.45) is 0 Å². The van der Waals surface area contributed by atoms with Crippen LogP contribution in [0.4, 0.5) is 0 Å². The van der Waals surface area contributed by atoms with E-state index in [0.29, 0.717) is 17.3 Å². The molecule has 6 heteroatoms. The zero-order chi connectivity index (χ0) is 16.9. The molecule has 1 atom stereocenters. The van der Waals surface area contributed by atoms with Crippen LogP contribution in [-0.2, 0) is 16.0 Å². The number of aromatic nitrogens is 1. The number of ether oxygens (including phenoxy) is 1. The average Bonchev–Trinajstić information content (AvgIpc) is 3.06. The molecule has 1 unspecified atom stereocenters. The van der Waals surface area contributed by atoms with E-state index >= 15 is 0 Å². The Morgan fingerprint density at radius 2 is 2.25 bits per heavy atom. The highest BCUT2D eigenvalue weighted by molar-refractivity contribution is 6.31. The maximum atomic E-state index is 12.2. The minimum Gasteiger partial charge on any atom is -0.443 e. The molecule has 1 aliphatic rings.